The van der Waals surface area contributed by atoms with Crippen LogP contribution in [0, 0.1) is 30.3 Å². The first-order chi connectivity index (χ1) is 16.6. The zero-order chi connectivity index (χ0) is 25.3. The van der Waals surface area contributed by atoms with Gasteiger partial charge in [0.15, 0.2) is 11.6 Å². The van der Waals surface area contributed by atoms with Crippen LogP contribution in [0.3, 0.4) is 0 Å². The SMILES string of the molecule is CCC1CCC(c2c(F)cc(C)c(Oc3ccccc3-c3ccc(C(F)(F)F)c(F)c3)c2F)CC1. The fourth-order valence-corrected chi connectivity index (χ4v) is 4.91. The standard InChI is InChI=1S/C28H26F6O/c1-3-17-8-10-18(11-9-17)25-23(30)14-16(2)27(26(25)31)35-24-7-5-4-6-20(24)19-12-13-21(22(29)15-19)28(32,33)34/h4-7,12-15,17-18H,3,8-11H2,1-2H3. The van der Waals surface area contributed by atoms with E-state index in [2.05, 4.69) is 6.92 Å². The molecule has 7 heteroatoms. The van der Waals surface area contributed by atoms with Gasteiger partial charge >= 0.3 is 6.18 Å². The fraction of sp³-hybridized carbons (Fsp3) is 0.357. The number of halogens is 6. The summed E-state index contributed by atoms with van der Waals surface area (Å²) >= 11 is 0. The van der Waals surface area contributed by atoms with Gasteiger partial charge in [-0.15, -0.1) is 0 Å². The molecule has 0 saturated heterocycles. The minimum absolute atomic E-state index is 0.0122. The Hall–Kier alpha value is -2.96. The van der Waals surface area contributed by atoms with Crippen molar-refractivity contribution in [3.63, 3.8) is 0 Å². The molecule has 1 nitrogen and oxygen atoms in total. The molecule has 3 aromatic carbocycles. The van der Waals surface area contributed by atoms with Crippen LogP contribution < -0.4 is 4.74 Å². The molecule has 0 amide bonds. The van der Waals surface area contributed by atoms with Crippen molar-refractivity contribution in [2.45, 2.75) is 58.0 Å². The van der Waals surface area contributed by atoms with Gasteiger partial charge in [0, 0.05) is 11.1 Å². The number of alkyl halides is 3. The second kappa shape index (κ2) is 9.96. The maximum Gasteiger partial charge on any atom is 0.419 e. The molecule has 0 radical (unpaired) electrons. The Morgan fingerprint density at radius 3 is 2.20 bits per heavy atom. The van der Waals surface area contributed by atoms with Gasteiger partial charge in [-0.05, 0) is 79.8 Å². The maximum absolute atomic E-state index is 15.7. The van der Waals surface area contributed by atoms with Crippen molar-refractivity contribution < 1.29 is 31.1 Å². The molecule has 0 aliphatic heterocycles. The van der Waals surface area contributed by atoms with Crippen molar-refractivity contribution in [3.8, 4) is 22.6 Å². The number of hydrogen-bond donors (Lipinski definition) is 0. The molecule has 0 aromatic heterocycles. The predicted molar refractivity (Wildman–Crippen MR) is 123 cm³/mol. The number of aryl methyl sites for hydroxylation is 1. The summed E-state index contributed by atoms with van der Waals surface area (Å²) in [5.74, 6) is -2.49. The van der Waals surface area contributed by atoms with Crippen molar-refractivity contribution in [2.75, 3.05) is 0 Å². The molecule has 0 unspecified atom stereocenters. The van der Waals surface area contributed by atoms with E-state index in [1.807, 2.05) is 0 Å². The normalized spacial score (nSPS) is 18.5. The lowest BCUT2D eigenvalue weighted by Gasteiger charge is -2.29. The van der Waals surface area contributed by atoms with E-state index in [9.17, 15) is 22.0 Å². The highest BCUT2D eigenvalue weighted by atomic mass is 19.4. The van der Waals surface area contributed by atoms with E-state index in [4.69, 9.17) is 4.74 Å². The van der Waals surface area contributed by atoms with Gasteiger partial charge in [-0.25, -0.2) is 13.2 Å². The molecule has 1 saturated carbocycles. The third-order valence-electron chi connectivity index (χ3n) is 6.91. The highest BCUT2D eigenvalue weighted by molar-refractivity contribution is 5.71. The second-order valence-electron chi connectivity index (χ2n) is 9.15. The van der Waals surface area contributed by atoms with Gasteiger partial charge in [-0.3, -0.25) is 0 Å². The molecule has 0 bridgehead atoms. The van der Waals surface area contributed by atoms with Gasteiger partial charge in [-0.2, -0.15) is 13.2 Å². The number of benzene rings is 3. The van der Waals surface area contributed by atoms with Crippen LogP contribution in [-0.4, -0.2) is 0 Å². The third-order valence-corrected chi connectivity index (χ3v) is 6.91. The topological polar surface area (TPSA) is 9.23 Å². The Bertz CT molecular complexity index is 1210. The van der Waals surface area contributed by atoms with Crippen LogP contribution in [-0.2, 0) is 6.18 Å². The molecular weight excluding hydrogens is 466 g/mol. The summed E-state index contributed by atoms with van der Waals surface area (Å²) < 4.78 is 89.6. The molecule has 186 valence electrons. The molecule has 0 heterocycles. The third kappa shape index (κ3) is 5.19. The van der Waals surface area contributed by atoms with Crippen LogP contribution in [0.1, 0.15) is 61.6 Å². The Morgan fingerprint density at radius 1 is 0.886 bits per heavy atom. The van der Waals surface area contributed by atoms with E-state index < -0.39 is 29.2 Å². The van der Waals surface area contributed by atoms with Crippen LogP contribution >= 0.6 is 0 Å². The van der Waals surface area contributed by atoms with Crippen LogP contribution in [0.4, 0.5) is 26.3 Å². The fourth-order valence-electron chi connectivity index (χ4n) is 4.91. The van der Waals surface area contributed by atoms with Crippen LogP contribution in [0.15, 0.2) is 48.5 Å². The molecule has 0 spiro atoms. The summed E-state index contributed by atoms with van der Waals surface area (Å²) in [6.07, 6.45) is -0.577. The first-order valence-corrected chi connectivity index (χ1v) is 11.7. The number of hydrogen-bond acceptors (Lipinski definition) is 1. The monoisotopic (exact) mass is 492 g/mol. The zero-order valence-electron chi connectivity index (χ0n) is 19.5. The lowest BCUT2D eigenvalue weighted by Crippen LogP contribution is -2.15. The van der Waals surface area contributed by atoms with Crippen LogP contribution in [0.5, 0.6) is 11.5 Å². The number of rotatable bonds is 5. The van der Waals surface area contributed by atoms with Crippen molar-refractivity contribution in [3.05, 3.63) is 82.7 Å². The molecule has 4 rings (SSSR count). The van der Waals surface area contributed by atoms with E-state index in [0.29, 0.717) is 24.8 Å². The minimum Gasteiger partial charge on any atom is -0.453 e. The van der Waals surface area contributed by atoms with Crippen molar-refractivity contribution >= 4 is 0 Å². The largest absolute Gasteiger partial charge is 0.453 e. The van der Waals surface area contributed by atoms with Crippen molar-refractivity contribution in [2.24, 2.45) is 5.92 Å². The molecule has 1 aliphatic rings. The Kier molecular flexibility index (Phi) is 7.15. The molecule has 1 fully saturated rings. The summed E-state index contributed by atoms with van der Waals surface area (Å²) in [4.78, 5) is 0. The van der Waals surface area contributed by atoms with Gasteiger partial charge in [-0.1, -0.05) is 37.6 Å². The van der Waals surface area contributed by atoms with E-state index in [0.717, 1.165) is 31.4 Å². The lowest BCUT2D eigenvalue weighted by molar-refractivity contribution is -0.139. The minimum atomic E-state index is -4.82. The highest BCUT2D eigenvalue weighted by Gasteiger charge is 2.34. The lowest BCUT2D eigenvalue weighted by atomic mass is 9.77. The van der Waals surface area contributed by atoms with E-state index in [1.54, 1.807) is 18.2 Å². The van der Waals surface area contributed by atoms with Gasteiger partial charge in [0.2, 0.25) is 0 Å². The van der Waals surface area contributed by atoms with Gasteiger partial charge in [0.1, 0.15) is 17.4 Å². The smallest absolute Gasteiger partial charge is 0.419 e. The first kappa shape index (κ1) is 25.1. The zero-order valence-corrected chi connectivity index (χ0v) is 19.5. The Labute approximate surface area is 200 Å². The van der Waals surface area contributed by atoms with Crippen LogP contribution in [0.25, 0.3) is 11.1 Å². The van der Waals surface area contributed by atoms with Crippen LogP contribution in [0.2, 0.25) is 0 Å². The van der Waals surface area contributed by atoms with Gasteiger partial charge in [0.25, 0.3) is 0 Å². The first-order valence-electron chi connectivity index (χ1n) is 11.7. The second-order valence-corrected chi connectivity index (χ2v) is 9.15. The predicted octanol–water partition coefficient (Wildman–Crippen LogP) is 9.57. The van der Waals surface area contributed by atoms with Crippen molar-refractivity contribution in [1.29, 1.82) is 0 Å². The molecule has 3 aromatic rings. The Morgan fingerprint density at radius 2 is 1.57 bits per heavy atom. The maximum atomic E-state index is 15.7. The molecule has 0 N–H and O–H groups in total. The number of para-hydroxylation sites is 1. The average molecular weight is 493 g/mol. The summed E-state index contributed by atoms with van der Waals surface area (Å²) in [5, 5.41) is 0. The van der Waals surface area contributed by atoms with Gasteiger partial charge in [0.05, 0.1) is 5.56 Å². The van der Waals surface area contributed by atoms with E-state index >= 15 is 4.39 Å². The molecular formula is C28H26F6O. The molecule has 1 aliphatic carbocycles. The number of ether oxygens (including phenoxy) is 1. The van der Waals surface area contributed by atoms with Crippen molar-refractivity contribution in [1.82, 2.24) is 0 Å². The highest BCUT2D eigenvalue weighted by Crippen LogP contribution is 2.44. The summed E-state index contributed by atoms with van der Waals surface area (Å²) in [6.45, 7) is 3.64. The Balaban J connectivity index is 1.70. The quantitative estimate of drug-likeness (QED) is 0.322. The van der Waals surface area contributed by atoms with E-state index in [1.165, 1.54) is 19.1 Å². The molecule has 0 atom stereocenters. The van der Waals surface area contributed by atoms with E-state index in [-0.39, 0.29) is 39.7 Å². The summed E-state index contributed by atoms with van der Waals surface area (Å²) in [5.41, 5.74) is -0.683. The summed E-state index contributed by atoms with van der Waals surface area (Å²) in [6, 6.07) is 10.1. The van der Waals surface area contributed by atoms with Gasteiger partial charge < -0.3 is 4.74 Å². The molecule has 35 heavy (non-hydrogen) atoms. The summed E-state index contributed by atoms with van der Waals surface area (Å²) in [7, 11) is 0. The average Bonchev–Trinajstić information content (AvgIpc) is 2.81.